The number of esters is 1. The van der Waals surface area contributed by atoms with Crippen molar-refractivity contribution in [2.45, 2.75) is 56.7 Å². The first-order chi connectivity index (χ1) is 9.63. The highest BCUT2D eigenvalue weighted by Gasteiger charge is 2.18. The fourth-order valence-corrected chi connectivity index (χ4v) is 4.88. The maximum Gasteiger partial charge on any atom is 0.328 e. The van der Waals surface area contributed by atoms with Gasteiger partial charge in [-0.3, -0.25) is 4.79 Å². The standard InChI is InChI=1S/C14H24NO3S2/c1-3-9-18-14(17)11(2)15-13(16)7-5-4-6-12-8-10-19-20-12/h11-12H,2-10H2,1H3,(H,15,16)/t11-,12?/m0/s1. The summed E-state index contributed by atoms with van der Waals surface area (Å²) in [7, 11) is 3.91. The summed E-state index contributed by atoms with van der Waals surface area (Å²) in [6.07, 6.45) is 5.61. The summed E-state index contributed by atoms with van der Waals surface area (Å²) < 4.78 is 4.93. The quantitative estimate of drug-likeness (QED) is 0.402. The van der Waals surface area contributed by atoms with Crippen LogP contribution in [-0.2, 0) is 14.3 Å². The molecule has 1 unspecified atom stereocenters. The van der Waals surface area contributed by atoms with Gasteiger partial charge in [-0.1, -0.05) is 34.9 Å². The molecule has 1 N–H and O–H groups in total. The predicted octanol–water partition coefficient (Wildman–Crippen LogP) is 2.97. The van der Waals surface area contributed by atoms with Crippen LogP contribution in [-0.4, -0.2) is 35.5 Å². The number of carbonyl (C=O) groups excluding carboxylic acids is 2. The van der Waals surface area contributed by atoms with E-state index in [2.05, 4.69) is 12.2 Å². The van der Waals surface area contributed by atoms with Crippen molar-refractivity contribution in [3.8, 4) is 0 Å². The molecule has 1 amide bonds. The van der Waals surface area contributed by atoms with Crippen molar-refractivity contribution in [3.63, 3.8) is 0 Å². The first-order valence-electron chi connectivity index (χ1n) is 7.20. The van der Waals surface area contributed by atoms with Gasteiger partial charge in [-0.15, -0.1) is 0 Å². The van der Waals surface area contributed by atoms with Crippen molar-refractivity contribution in [3.05, 3.63) is 6.92 Å². The second-order valence-corrected chi connectivity index (χ2v) is 7.65. The normalized spacial score (nSPS) is 19.6. The molecule has 1 heterocycles. The molecule has 0 aromatic heterocycles. The molecule has 0 spiro atoms. The number of carbonyl (C=O) groups is 2. The summed E-state index contributed by atoms with van der Waals surface area (Å²) in [6.45, 7) is 5.90. The van der Waals surface area contributed by atoms with Gasteiger partial charge in [0.05, 0.1) is 6.61 Å². The fourth-order valence-electron chi connectivity index (χ4n) is 1.85. The van der Waals surface area contributed by atoms with E-state index < -0.39 is 12.0 Å². The van der Waals surface area contributed by atoms with Gasteiger partial charge in [0.1, 0.15) is 6.04 Å². The van der Waals surface area contributed by atoms with E-state index in [4.69, 9.17) is 4.74 Å². The molecule has 1 fully saturated rings. The second kappa shape index (κ2) is 10.4. The SMILES string of the molecule is [CH2][C@H](NC(=O)CCCCC1CCSS1)C(=O)OCCC. The Balaban J connectivity index is 2.05. The van der Waals surface area contributed by atoms with Crippen molar-refractivity contribution in [1.29, 1.82) is 0 Å². The zero-order valence-electron chi connectivity index (χ0n) is 12.1. The zero-order chi connectivity index (χ0) is 14.8. The minimum atomic E-state index is -0.796. The number of ether oxygens (including phenoxy) is 1. The van der Waals surface area contributed by atoms with Gasteiger partial charge in [-0.25, -0.2) is 4.79 Å². The fraction of sp³-hybridized carbons (Fsp3) is 0.786. The molecule has 1 radical (unpaired) electrons. The van der Waals surface area contributed by atoms with Gasteiger partial charge in [0.2, 0.25) is 5.91 Å². The van der Waals surface area contributed by atoms with Gasteiger partial charge in [-0.05, 0) is 32.6 Å². The maximum atomic E-state index is 11.7. The molecule has 1 aliphatic heterocycles. The molecule has 0 aliphatic carbocycles. The molecule has 1 aliphatic rings. The summed E-state index contributed by atoms with van der Waals surface area (Å²) >= 11 is 0. The van der Waals surface area contributed by atoms with Crippen LogP contribution in [0.4, 0.5) is 0 Å². The summed E-state index contributed by atoms with van der Waals surface area (Å²) in [5, 5.41) is 3.34. The lowest BCUT2D eigenvalue weighted by molar-refractivity contribution is -0.146. The minimum Gasteiger partial charge on any atom is -0.464 e. The number of unbranched alkanes of at least 4 members (excludes halogenated alkanes) is 1. The maximum absolute atomic E-state index is 11.7. The first-order valence-corrected chi connectivity index (χ1v) is 9.59. The van der Waals surface area contributed by atoms with E-state index >= 15 is 0 Å². The predicted molar refractivity (Wildman–Crippen MR) is 85.5 cm³/mol. The van der Waals surface area contributed by atoms with Gasteiger partial charge in [0, 0.05) is 17.4 Å². The molecular formula is C14H24NO3S2. The average Bonchev–Trinajstić information content (AvgIpc) is 2.94. The van der Waals surface area contributed by atoms with Crippen molar-refractivity contribution in [2.75, 3.05) is 12.4 Å². The molecule has 0 aromatic rings. The van der Waals surface area contributed by atoms with Crippen molar-refractivity contribution < 1.29 is 14.3 Å². The highest BCUT2D eigenvalue weighted by molar-refractivity contribution is 8.77. The Kier molecular flexibility index (Phi) is 9.18. The van der Waals surface area contributed by atoms with Crippen LogP contribution in [0.15, 0.2) is 0 Å². The van der Waals surface area contributed by atoms with Crippen molar-refractivity contribution >= 4 is 33.5 Å². The number of nitrogens with one attached hydrogen (secondary N) is 1. The number of hydrogen-bond acceptors (Lipinski definition) is 5. The molecule has 2 atom stereocenters. The third-order valence-corrected chi connectivity index (χ3v) is 5.98. The molecule has 0 bridgehead atoms. The molecular weight excluding hydrogens is 294 g/mol. The van der Waals surface area contributed by atoms with Crippen LogP contribution in [0.5, 0.6) is 0 Å². The Morgan fingerprint density at radius 3 is 2.90 bits per heavy atom. The Morgan fingerprint density at radius 1 is 1.45 bits per heavy atom. The van der Waals surface area contributed by atoms with Crippen molar-refractivity contribution in [1.82, 2.24) is 5.32 Å². The van der Waals surface area contributed by atoms with Crippen LogP contribution in [0.3, 0.4) is 0 Å². The molecule has 0 aromatic carbocycles. The Hall–Kier alpha value is -0.360. The number of rotatable bonds is 9. The van der Waals surface area contributed by atoms with Crippen LogP contribution in [0.2, 0.25) is 0 Å². The summed E-state index contributed by atoms with van der Waals surface area (Å²) in [5.74, 6) is 0.672. The average molecular weight is 318 g/mol. The van der Waals surface area contributed by atoms with E-state index in [1.165, 1.54) is 18.6 Å². The molecule has 1 saturated heterocycles. The molecule has 6 heteroatoms. The van der Waals surface area contributed by atoms with Crippen LogP contribution < -0.4 is 5.32 Å². The van der Waals surface area contributed by atoms with Crippen molar-refractivity contribution in [2.24, 2.45) is 0 Å². The van der Waals surface area contributed by atoms with Crippen LogP contribution in [0.25, 0.3) is 0 Å². The molecule has 115 valence electrons. The molecule has 1 rings (SSSR count). The molecule has 4 nitrogen and oxygen atoms in total. The Labute approximate surface area is 129 Å². The van der Waals surface area contributed by atoms with Gasteiger partial charge in [-0.2, -0.15) is 0 Å². The third-order valence-electron chi connectivity index (χ3n) is 2.98. The minimum absolute atomic E-state index is 0.119. The highest BCUT2D eigenvalue weighted by Crippen LogP contribution is 2.39. The van der Waals surface area contributed by atoms with Gasteiger partial charge in [0.25, 0.3) is 0 Å². The van der Waals surface area contributed by atoms with Crippen LogP contribution in [0.1, 0.15) is 45.4 Å². The second-order valence-electron chi connectivity index (χ2n) is 4.86. The Morgan fingerprint density at radius 2 is 2.25 bits per heavy atom. The zero-order valence-corrected chi connectivity index (χ0v) is 13.7. The van der Waals surface area contributed by atoms with Gasteiger partial charge in [0.15, 0.2) is 0 Å². The number of amides is 1. The van der Waals surface area contributed by atoms with E-state index in [1.54, 1.807) is 0 Å². The van der Waals surface area contributed by atoms with E-state index in [0.29, 0.717) is 13.0 Å². The summed E-state index contributed by atoms with van der Waals surface area (Å²) in [6, 6.07) is -0.796. The van der Waals surface area contributed by atoms with Crippen LogP contribution in [0, 0.1) is 6.92 Å². The van der Waals surface area contributed by atoms with E-state index in [1.807, 2.05) is 28.5 Å². The lowest BCUT2D eigenvalue weighted by Gasteiger charge is -2.13. The molecule has 20 heavy (non-hydrogen) atoms. The third kappa shape index (κ3) is 7.43. The monoisotopic (exact) mass is 318 g/mol. The molecule has 0 saturated carbocycles. The van der Waals surface area contributed by atoms with Gasteiger partial charge < -0.3 is 10.1 Å². The lowest BCUT2D eigenvalue weighted by atomic mass is 10.1. The topological polar surface area (TPSA) is 55.4 Å². The lowest BCUT2D eigenvalue weighted by Crippen LogP contribution is -2.39. The van der Waals surface area contributed by atoms with E-state index in [0.717, 1.165) is 24.5 Å². The first kappa shape index (κ1) is 17.7. The summed E-state index contributed by atoms with van der Waals surface area (Å²) in [5.41, 5.74) is 0. The Bertz CT molecular complexity index is 307. The van der Waals surface area contributed by atoms with Crippen LogP contribution >= 0.6 is 21.6 Å². The number of hydrogen-bond donors (Lipinski definition) is 1. The van der Waals surface area contributed by atoms with Gasteiger partial charge >= 0.3 is 5.97 Å². The van der Waals surface area contributed by atoms with E-state index in [-0.39, 0.29) is 5.91 Å². The summed E-state index contributed by atoms with van der Waals surface area (Å²) in [4.78, 5) is 23.1. The largest absolute Gasteiger partial charge is 0.464 e. The van der Waals surface area contributed by atoms with E-state index in [9.17, 15) is 9.59 Å². The smallest absolute Gasteiger partial charge is 0.328 e. The highest BCUT2D eigenvalue weighted by atomic mass is 33.1.